The van der Waals surface area contributed by atoms with Gasteiger partial charge in [-0.1, -0.05) is 6.07 Å². The van der Waals surface area contributed by atoms with Crippen LogP contribution in [0, 0.1) is 6.92 Å². The standard InChI is InChI=1S/C19H16N6OS/c1-11-2-3-12(18(26)24-13-4-5-13)8-14(11)25-10-23-15-16(19-20-6-7-27-19)21-9-22-17(15)25/h2-3,6-10,13H,4-5H2,1H3,(H,24,26). The molecular formula is C19H16N6OS. The summed E-state index contributed by atoms with van der Waals surface area (Å²) in [7, 11) is 0. The average Bonchev–Trinajstić information content (AvgIpc) is 3.17. The van der Waals surface area contributed by atoms with E-state index in [9.17, 15) is 4.79 Å². The van der Waals surface area contributed by atoms with Gasteiger partial charge in [-0.2, -0.15) is 0 Å². The molecule has 1 fully saturated rings. The molecule has 0 spiro atoms. The van der Waals surface area contributed by atoms with Gasteiger partial charge >= 0.3 is 0 Å². The third kappa shape index (κ3) is 2.87. The summed E-state index contributed by atoms with van der Waals surface area (Å²) >= 11 is 1.51. The third-order valence-corrected chi connectivity index (χ3v) is 5.39. The van der Waals surface area contributed by atoms with Crippen molar-refractivity contribution in [2.75, 3.05) is 0 Å². The van der Waals surface area contributed by atoms with Gasteiger partial charge in [0.2, 0.25) is 0 Å². The van der Waals surface area contributed by atoms with Crippen molar-refractivity contribution in [3.8, 4) is 16.4 Å². The van der Waals surface area contributed by atoms with Crippen LogP contribution in [0.5, 0.6) is 0 Å². The second kappa shape index (κ2) is 6.24. The molecule has 1 saturated carbocycles. The van der Waals surface area contributed by atoms with Gasteiger partial charge < -0.3 is 5.32 Å². The van der Waals surface area contributed by atoms with E-state index in [2.05, 4.69) is 25.3 Å². The van der Waals surface area contributed by atoms with Crippen LogP contribution in [0.2, 0.25) is 0 Å². The minimum absolute atomic E-state index is 0.0405. The van der Waals surface area contributed by atoms with Gasteiger partial charge in [0.05, 0.1) is 5.69 Å². The topological polar surface area (TPSA) is 85.6 Å². The van der Waals surface area contributed by atoms with Crippen LogP contribution < -0.4 is 5.32 Å². The van der Waals surface area contributed by atoms with E-state index in [0.717, 1.165) is 29.1 Å². The van der Waals surface area contributed by atoms with Crippen LogP contribution in [0.4, 0.5) is 0 Å². The Bertz CT molecular complexity index is 1150. The molecule has 1 N–H and O–H groups in total. The largest absolute Gasteiger partial charge is 0.349 e. The number of aryl methyl sites for hydroxylation is 1. The highest BCUT2D eigenvalue weighted by Gasteiger charge is 2.24. The summed E-state index contributed by atoms with van der Waals surface area (Å²) in [5.41, 5.74) is 4.65. The first-order valence-electron chi connectivity index (χ1n) is 8.70. The molecule has 27 heavy (non-hydrogen) atoms. The molecule has 0 atom stereocenters. The number of nitrogens with one attached hydrogen (secondary N) is 1. The highest BCUT2D eigenvalue weighted by molar-refractivity contribution is 7.13. The second-order valence-corrected chi connectivity index (χ2v) is 7.49. The molecule has 134 valence electrons. The lowest BCUT2D eigenvalue weighted by molar-refractivity contribution is 0.0951. The van der Waals surface area contributed by atoms with Crippen LogP contribution in [0.3, 0.4) is 0 Å². The third-order valence-electron chi connectivity index (χ3n) is 4.61. The number of amides is 1. The SMILES string of the molecule is Cc1ccc(C(=O)NC2CC2)cc1-n1cnc2c(-c3nccs3)ncnc21. The van der Waals surface area contributed by atoms with Crippen LogP contribution in [-0.2, 0) is 0 Å². The number of hydrogen-bond acceptors (Lipinski definition) is 6. The molecule has 4 aromatic rings. The van der Waals surface area contributed by atoms with Crippen LogP contribution in [-0.4, -0.2) is 36.5 Å². The van der Waals surface area contributed by atoms with Gasteiger partial charge in [0.15, 0.2) is 5.65 Å². The zero-order valence-corrected chi connectivity index (χ0v) is 15.4. The Balaban J connectivity index is 1.61. The molecule has 3 heterocycles. The fraction of sp³-hybridized carbons (Fsp3) is 0.211. The van der Waals surface area contributed by atoms with Gasteiger partial charge in [-0.15, -0.1) is 11.3 Å². The number of benzene rings is 1. The first-order chi connectivity index (χ1) is 13.2. The zero-order valence-electron chi connectivity index (χ0n) is 14.6. The molecule has 5 rings (SSSR count). The smallest absolute Gasteiger partial charge is 0.251 e. The Labute approximate surface area is 159 Å². The normalized spacial score (nSPS) is 13.8. The van der Waals surface area contributed by atoms with E-state index >= 15 is 0 Å². The van der Waals surface area contributed by atoms with Gasteiger partial charge in [-0.3, -0.25) is 9.36 Å². The Morgan fingerprint density at radius 1 is 1.22 bits per heavy atom. The van der Waals surface area contributed by atoms with Crippen molar-refractivity contribution in [2.24, 2.45) is 0 Å². The lowest BCUT2D eigenvalue weighted by Gasteiger charge is -2.11. The molecular weight excluding hydrogens is 360 g/mol. The Morgan fingerprint density at radius 3 is 2.89 bits per heavy atom. The number of fused-ring (bicyclic) bond motifs is 1. The number of imidazole rings is 1. The van der Waals surface area contributed by atoms with E-state index < -0.39 is 0 Å². The molecule has 3 aromatic heterocycles. The minimum atomic E-state index is -0.0405. The van der Waals surface area contributed by atoms with E-state index in [0.29, 0.717) is 28.5 Å². The van der Waals surface area contributed by atoms with Crippen molar-refractivity contribution < 1.29 is 4.79 Å². The van der Waals surface area contributed by atoms with E-state index in [-0.39, 0.29) is 5.91 Å². The van der Waals surface area contributed by atoms with Gasteiger partial charge in [0.1, 0.15) is 28.9 Å². The van der Waals surface area contributed by atoms with Crippen molar-refractivity contribution in [3.63, 3.8) is 0 Å². The highest BCUT2D eigenvalue weighted by atomic mass is 32.1. The zero-order chi connectivity index (χ0) is 18.4. The van der Waals surface area contributed by atoms with Crippen LogP contribution in [0.25, 0.3) is 27.6 Å². The quantitative estimate of drug-likeness (QED) is 0.591. The Kier molecular flexibility index (Phi) is 3.71. The number of rotatable bonds is 4. The molecule has 0 unspecified atom stereocenters. The summed E-state index contributed by atoms with van der Waals surface area (Å²) in [5, 5.41) is 5.75. The molecule has 1 aliphatic rings. The van der Waals surface area contributed by atoms with Gasteiger partial charge in [-0.05, 0) is 37.5 Å². The minimum Gasteiger partial charge on any atom is -0.349 e. The van der Waals surface area contributed by atoms with Gasteiger partial charge in [0, 0.05) is 23.2 Å². The molecule has 7 nitrogen and oxygen atoms in total. The molecule has 0 bridgehead atoms. The van der Waals surface area contributed by atoms with Crippen LogP contribution in [0.15, 0.2) is 42.4 Å². The molecule has 8 heteroatoms. The summed E-state index contributed by atoms with van der Waals surface area (Å²) in [6.07, 6.45) is 7.12. The van der Waals surface area contributed by atoms with E-state index in [1.807, 2.05) is 35.1 Å². The maximum atomic E-state index is 12.4. The molecule has 1 amide bonds. The lowest BCUT2D eigenvalue weighted by Crippen LogP contribution is -2.25. The number of nitrogens with zero attached hydrogens (tertiary/aromatic N) is 5. The number of carbonyl (C=O) groups excluding carboxylic acids is 1. The van der Waals surface area contributed by atoms with Crippen LogP contribution in [0.1, 0.15) is 28.8 Å². The van der Waals surface area contributed by atoms with Crippen molar-refractivity contribution in [3.05, 3.63) is 53.6 Å². The molecule has 0 saturated heterocycles. The van der Waals surface area contributed by atoms with E-state index in [4.69, 9.17) is 0 Å². The van der Waals surface area contributed by atoms with Crippen molar-refractivity contribution in [1.82, 2.24) is 29.8 Å². The summed E-state index contributed by atoms with van der Waals surface area (Å²) < 4.78 is 1.90. The molecule has 1 aromatic carbocycles. The number of thiazole rings is 1. The summed E-state index contributed by atoms with van der Waals surface area (Å²) in [6.45, 7) is 2.01. The number of carbonyl (C=O) groups is 1. The maximum Gasteiger partial charge on any atom is 0.251 e. The molecule has 0 aliphatic heterocycles. The van der Waals surface area contributed by atoms with Crippen molar-refractivity contribution in [1.29, 1.82) is 0 Å². The monoisotopic (exact) mass is 376 g/mol. The lowest BCUT2D eigenvalue weighted by atomic mass is 10.1. The predicted molar refractivity (Wildman–Crippen MR) is 103 cm³/mol. The van der Waals surface area contributed by atoms with Crippen LogP contribution >= 0.6 is 11.3 Å². The highest BCUT2D eigenvalue weighted by Crippen LogP contribution is 2.28. The van der Waals surface area contributed by atoms with E-state index in [1.54, 1.807) is 12.5 Å². The number of hydrogen-bond donors (Lipinski definition) is 1. The van der Waals surface area contributed by atoms with Gasteiger partial charge in [-0.25, -0.2) is 19.9 Å². The molecule has 1 aliphatic carbocycles. The summed E-state index contributed by atoms with van der Waals surface area (Å²) in [4.78, 5) is 30.1. The first kappa shape index (κ1) is 16.1. The fourth-order valence-corrected chi connectivity index (χ4v) is 3.65. The number of aromatic nitrogens is 5. The Hall–Kier alpha value is -3.13. The first-order valence-corrected chi connectivity index (χ1v) is 9.58. The summed E-state index contributed by atoms with van der Waals surface area (Å²) in [5.74, 6) is -0.0405. The maximum absolute atomic E-state index is 12.4. The molecule has 0 radical (unpaired) electrons. The fourth-order valence-electron chi connectivity index (χ4n) is 3.01. The van der Waals surface area contributed by atoms with Crippen molar-refractivity contribution in [2.45, 2.75) is 25.8 Å². The van der Waals surface area contributed by atoms with Crippen molar-refractivity contribution >= 4 is 28.4 Å². The average molecular weight is 376 g/mol. The van der Waals surface area contributed by atoms with Gasteiger partial charge in [0.25, 0.3) is 5.91 Å². The van der Waals surface area contributed by atoms with E-state index in [1.165, 1.54) is 17.7 Å². The Morgan fingerprint density at radius 2 is 2.11 bits per heavy atom. The second-order valence-electron chi connectivity index (χ2n) is 6.60. The predicted octanol–water partition coefficient (Wildman–Crippen LogP) is 3.14. The summed E-state index contributed by atoms with van der Waals surface area (Å²) in [6, 6.07) is 6.02.